The monoisotopic (exact) mass is 302 g/mol. The van der Waals surface area contributed by atoms with E-state index >= 15 is 0 Å². The third-order valence-electron chi connectivity index (χ3n) is 4.21. The van der Waals surface area contributed by atoms with Gasteiger partial charge in [0.05, 0.1) is 12.0 Å². The molecule has 6 heteroatoms. The van der Waals surface area contributed by atoms with Crippen LogP contribution in [0.15, 0.2) is 24.3 Å². The molecule has 1 fully saturated rings. The van der Waals surface area contributed by atoms with Crippen LogP contribution in [0.25, 0.3) is 0 Å². The zero-order valence-electron chi connectivity index (χ0n) is 12.4. The topological polar surface area (TPSA) is 66.9 Å². The maximum absolute atomic E-state index is 12.4. The van der Waals surface area contributed by atoms with Gasteiger partial charge in [-0.1, -0.05) is 18.2 Å². The highest BCUT2D eigenvalue weighted by Crippen LogP contribution is 2.33. The highest BCUT2D eigenvalue weighted by atomic mass is 16.5. The van der Waals surface area contributed by atoms with E-state index in [-0.39, 0.29) is 24.2 Å². The van der Waals surface area contributed by atoms with Gasteiger partial charge < -0.3 is 14.5 Å². The third kappa shape index (κ3) is 2.68. The summed E-state index contributed by atoms with van der Waals surface area (Å²) in [5.74, 6) is -0.377. The first-order valence-electron chi connectivity index (χ1n) is 7.39. The summed E-state index contributed by atoms with van der Waals surface area (Å²) in [4.78, 5) is 38.9. The molecule has 0 radical (unpaired) electrons. The molecule has 0 aromatic heterocycles. The largest absolute Gasteiger partial charge is 0.453 e. The average molecular weight is 302 g/mol. The van der Waals surface area contributed by atoms with E-state index in [0.717, 1.165) is 5.56 Å². The minimum absolute atomic E-state index is 0.0331. The molecule has 0 aliphatic carbocycles. The number of rotatable bonds is 2. The Hall–Kier alpha value is -2.37. The van der Waals surface area contributed by atoms with Crippen LogP contribution in [-0.4, -0.2) is 53.8 Å². The molecule has 2 aliphatic heterocycles. The van der Waals surface area contributed by atoms with Gasteiger partial charge in [-0.2, -0.15) is 0 Å². The summed E-state index contributed by atoms with van der Waals surface area (Å²) in [5, 5.41) is 0. The molecule has 0 bridgehead atoms. The Kier molecular flexibility index (Phi) is 3.83. The first-order valence-corrected chi connectivity index (χ1v) is 7.39. The molecule has 2 aliphatic rings. The van der Waals surface area contributed by atoms with Gasteiger partial charge in [0.15, 0.2) is 0 Å². The van der Waals surface area contributed by atoms with E-state index in [1.807, 2.05) is 12.1 Å². The molecule has 0 spiro atoms. The van der Waals surface area contributed by atoms with Crippen molar-refractivity contribution in [1.29, 1.82) is 0 Å². The highest BCUT2D eigenvalue weighted by Gasteiger charge is 2.33. The van der Waals surface area contributed by atoms with Crippen molar-refractivity contribution < 1.29 is 19.1 Å². The highest BCUT2D eigenvalue weighted by molar-refractivity contribution is 5.94. The van der Waals surface area contributed by atoms with Crippen LogP contribution in [0.2, 0.25) is 0 Å². The van der Waals surface area contributed by atoms with Crippen molar-refractivity contribution in [3.63, 3.8) is 0 Å². The lowest BCUT2D eigenvalue weighted by molar-refractivity contribution is -0.139. The number of piperazine rings is 1. The molecule has 1 aromatic rings. The van der Waals surface area contributed by atoms with Crippen LogP contribution >= 0.6 is 0 Å². The van der Waals surface area contributed by atoms with Gasteiger partial charge >= 0.3 is 5.97 Å². The Bertz CT molecular complexity index is 620. The lowest BCUT2D eigenvalue weighted by Gasteiger charge is -2.34. The van der Waals surface area contributed by atoms with Crippen molar-refractivity contribution in [2.24, 2.45) is 0 Å². The van der Waals surface area contributed by atoms with Crippen LogP contribution < -0.4 is 0 Å². The molecule has 22 heavy (non-hydrogen) atoms. The second kappa shape index (κ2) is 5.79. The second-order valence-corrected chi connectivity index (χ2v) is 5.57. The minimum Gasteiger partial charge on any atom is -0.453 e. The zero-order chi connectivity index (χ0) is 15.7. The quantitative estimate of drug-likeness (QED) is 0.764. The summed E-state index contributed by atoms with van der Waals surface area (Å²) in [6, 6.07) is 7.16. The Balaban J connectivity index is 1.62. The predicted octanol–water partition coefficient (Wildman–Crippen LogP) is 0.979. The van der Waals surface area contributed by atoms with Crippen molar-refractivity contribution in [1.82, 2.24) is 9.80 Å². The average Bonchev–Trinajstić information content (AvgIpc) is 2.84. The van der Waals surface area contributed by atoms with E-state index < -0.39 is 6.10 Å². The molecule has 1 atom stereocenters. The van der Waals surface area contributed by atoms with E-state index in [9.17, 15) is 14.4 Å². The summed E-state index contributed by atoms with van der Waals surface area (Å²) in [7, 11) is 0. The molecule has 0 saturated carbocycles. The van der Waals surface area contributed by atoms with Gasteiger partial charge in [-0.05, 0) is 6.07 Å². The molecular formula is C16H18N2O4. The van der Waals surface area contributed by atoms with E-state index in [4.69, 9.17) is 4.74 Å². The molecule has 0 unspecified atom stereocenters. The number of hydrogen-bond acceptors (Lipinski definition) is 4. The van der Waals surface area contributed by atoms with E-state index in [1.54, 1.807) is 21.9 Å². The van der Waals surface area contributed by atoms with Crippen LogP contribution in [-0.2, 0) is 14.3 Å². The van der Waals surface area contributed by atoms with Crippen LogP contribution in [0.4, 0.5) is 0 Å². The van der Waals surface area contributed by atoms with Crippen molar-refractivity contribution >= 4 is 17.8 Å². The molecule has 1 saturated heterocycles. The number of carbonyl (C=O) groups excluding carboxylic acids is 3. The number of nitrogens with zero attached hydrogens (tertiary/aromatic N) is 2. The first kappa shape index (κ1) is 14.6. The Morgan fingerprint density at radius 1 is 1.14 bits per heavy atom. The molecule has 2 amide bonds. The fraction of sp³-hybridized carbons (Fsp3) is 0.438. The number of cyclic esters (lactones) is 1. The minimum atomic E-state index is -0.498. The molecular weight excluding hydrogens is 284 g/mol. The maximum Gasteiger partial charge on any atom is 0.339 e. The van der Waals surface area contributed by atoms with Gasteiger partial charge in [-0.15, -0.1) is 0 Å². The number of carbonyl (C=O) groups is 3. The summed E-state index contributed by atoms with van der Waals surface area (Å²) in [6.07, 6.45) is -0.343. The van der Waals surface area contributed by atoms with Crippen LogP contribution in [0.5, 0.6) is 0 Å². The van der Waals surface area contributed by atoms with Crippen LogP contribution in [0.1, 0.15) is 35.4 Å². The molecule has 0 N–H and O–H groups in total. The predicted molar refractivity (Wildman–Crippen MR) is 78.0 cm³/mol. The fourth-order valence-electron chi connectivity index (χ4n) is 2.93. The van der Waals surface area contributed by atoms with Crippen LogP contribution in [0, 0.1) is 0 Å². The molecule has 2 heterocycles. The molecule has 6 nitrogen and oxygen atoms in total. The van der Waals surface area contributed by atoms with Crippen molar-refractivity contribution in [2.45, 2.75) is 19.4 Å². The van der Waals surface area contributed by atoms with Crippen molar-refractivity contribution in [3.8, 4) is 0 Å². The van der Waals surface area contributed by atoms with E-state index in [2.05, 4.69) is 0 Å². The smallest absolute Gasteiger partial charge is 0.339 e. The third-order valence-corrected chi connectivity index (χ3v) is 4.21. The van der Waals surface area contributed by atoms with Gasteiger partial charge in [-0.25, -0.2) is 4.79 Å². The molecule has 1 aromatic carbocycles. The van der Waals surface area contributed by atoms with Gasteiger partial charge in [0, 0.05) is 38.7 Å². The number of ether oxygens (including phenoxy) is 1. The van der Waals surface area contributed by atoms with Gasteiger partial charge in [0.25, 0.3) is 0 Å². The van der Waals surface area contributed by atoms with Gasteiger partial charge in [0.2, 0.25) is 11.8 Å². The van der Waals surface area contributed by atoms with Crippen LogP contribution in [0.3, 0.4) is 0 Å². The van der Waals surface area contributed by atoms with Crippen molar-refractivity contribution in [2.75, 3.05) is 26.2 Å². The Morgan fingerprint density at radius 3 is 2.45 bits per heavy atom. The summed E-state index contributed by atoms with van der Waals surface area (Å²) in [5.41, 5.74) is 1.32. The summed E-state index contributed by atoms with van der Waals surface area (Å²) >= 11 is 0. The van der Waals surface area contributed by atoms with Gasteiger partial charge in [-0.3, -0.25) is 9.59 Å². The summed E-state index contributed by atoms with van der Waals surface area (Å²) < 4.78 is 5.30. The van der Waals surface area contributed by atoms with Gasteiger partial charge in [0.1, 0.15) is 6.10 Å². The lowest BCUT2D eigenvalue weighted by atomic mass is 10.0. The number of esters is 1. The number of hydrogen-bond donors (Lipinski definition) is 0. The standard InChI is InChI=1S/C16H18N2O4/c1-11(19)17-6-8-18(9-7-17)15(20)10-14-12-4-2-3-5-13(12)16(21)22-14/h2-5,14H,6-10H2,1H3/t14-/m0/s1. The normalized spacial score (nSPS) is 20.6. The number of amides is 2. The second-order valence-electron chi connectivity index (χ2n) is 5.57. The lowest BCUT2D eigenvalue weighted by Crippen LogP contribution is -2.50. The Morgan fingerprint density at radius 2 is 1.77 bits per heavy atom. The summed E-state index contributed by atoms with van der Waals surface area (Å²) in [6.45, 7) is 3.71. The number of fused-ring (bicyclic) bond motifs is 1. The van der Waals surface area contributed by atoms with E-state index in [1.165, 1.54) is 6.92 Å². The fourth-order valence-corrected chi connectivity index (χ4v) is 2.93. The SMILES string of the molecule is CC(=O)N1CCN(C(=O)C[C@@H]2OC(=O)c3ccccc32)CC1. The molecule has 3 rings (SSSR count). The van der Waals surface area contributed by atoms with E-state index in [0.29, 0.717) is 31.7 Å². The maximum atomic E-state index is 12.4. The zero-order valence-corrected chi connectivity index (χ0v) is 12.4. The number of benzene rings is 1. The van der Waals surface area contributed by atoms with Crippen molar-refractivity contribution in [3.05, 3.63) is 35.4 Å². The first-order chi connectivity index (χ1) is 10.6. The Labute approximate surface area is 128 Å². The molecule has 116 valence electrons.